The van der Waals surface area contributed by atoms with Crippen molar-refractivity contribution in [1.82, 2.24) is 10.2 Å². The Kier molecular flexibility index (Phi) is 5.74. The number of benzene rings is 2. The van der Waals surface area contributed by atoms with Crippen LogP contribution in [0.4, 0.5) is 0 Å². The van der Waals surface area contributed by atoms with Gasteiger partial charge in [-0.2, -0.15) is 0 Å². The molecule has 1 N–H and O–H groups in total. The summed E-state index contributed by atoms with van der Waals surface area (Å²) in [4.78, 5) is 24.7. The summed E-state index contributed by atoms with van der Waals surface area (Å²) < 4.78 is 0. The normalized spacial score (nSPS) is 20.2. The third-order valence-electron chi connectivity index (χ3n) is 7.26. The summed E-state index contributed by atoms with van der Waals surface area (Å²) in [5, 5.41) is 2.57. The Bertz CT molecular complexity index is 1090. The first kappa shape index (κ1) is 22.7. The molecule has 2 aromatic rings. The highest BCUT2D eigenvalue weighted by atomic mass is 32.1. The molecular weight excluding hydrogens is 416 g/mol. The minimum absolute atomic E-state index is 0.177. The van der Waals surface area contributed by atoms with Crippen LogP contribution in [0.15, 0.2) is 42.5 Å². The summed E-state index contributed by atoms with van der Waals surface area (Å²) in [6.07, 6.45) is 3.40. The maximum absolute atomic E-state index is 11.9. The Morgan fingerprint density at radius 2 is 1.53 bits per heavy atom. The number of nitrogens with zero attached hydrogens (tertiary/aromatic N) is 1. The zero-order valence-corrected chi connectivity index (χ0v) is 20.4. The smallest absolute Gasteiger partial charge is 0.294 e. The predicted molar refractivity (Wildman–Crippen MR) is 132 cm³/mol. The number of nitrogens with one attached hydrogen (secondary N) is 1. The second kappa shape index (κ2) is 8.11. The molecule has 1 unspecified atom stereocenters. The first-order chi connectivity index (χ1) is 15.0. The number of amides is 2. The summed E-state index contributed by atoms with van der Waals surface area (Å²) in [6.45, 7) is 12.1. The number of rotatable bonds is 5. The molecule has 1 aliphatic carbocycles. The molecule has 168 valence electrons. The molecule has 4 rings (SSSR count). The van der Waals surface area contributed by atoms with Gasteiger partial charge in [0, 0.05) is 0 Å². The molecule has 1 atom stereocenters. The molecule has 1 fully saturated rings. The highest BCUT2D eigenvalue weighted by Gasteiger charge is 2.37. The standard InChI is InChI=1S/C27H32N2O2S/c1-17(20-10-11-21-22(15-20)27(4,5)13-12-26(21,2)3)14-18-6-8-19(9-7-18)16-29-24(31)23(30)28-25(29)32/h6-11,15,17H,12-14,16H2,1-5H3,(H,28,30,32). The molecule has 2 aromatic carbocycles. The van der Waals surface area contributed by atoms with Gasteiger partial charge in [0.2, 0.25) is 0 Å². The molecule has 0 saturated carbocycles. The van der Waals surface area contributed by atoms with Gasteiger partial charge in [-0.25, -0.2) is 0 Å². The van der Waals surface area contributed by atoms with E-state index in [-0.39, 0.29) is 15.9 Å². The van der Waals surface area contributed by atoms with E-state index in [9.17, 15) is 9.59 Å². The molecule has 32 heavy (non-hydrogen) atoms. The van der Waals surface area contributed by atoms with Crippen LogP contribution in [-0.4, -0.2) is 21.8 Å². The lowest BCUT2D eigenvalue weighted by molar-refractivity contribution is -0.140. The van der Waals surface area contributed by atoms with Crippen molar-refractivity contribution in [3.05, 3.63) is 70.3 Å². The van der Waals surface area contributed by atoms with E-state index in [1.807, 2.05) is 12.1 Å². The van der Waals surface area contributed by atoms with E-state index in [4.69, 9.17) is 12.2 Å². The molecule has 1 heterocycles. The van der Waals surface area contributed by atoms with E-state index in [1.54, 1.807) is 0 Å². The SMILES string of the molecule is CC(Cc1ccc(CN2C(=O)C(=O)NC2=S)cc1)c1ccc2c(c1)C(C)(C)CCC2(C)C. The second-order valence-electron chi connectivity index (χ2n) is 10.6. The van der Waals surface area contributed by atoms with Gasteiger partial charge in [-0.1, -0.05) is 77.1 Å². The molecule has 0 bridgehead atoms. The van der Waals surface area contributed by atoms with Crippen molar-refractivity contribution >= 4 is 29.1 Å². The fourth-order valence-electron chi connectivity index (χ4n) is 4.92. The number of carbonyl (C=O) groups is 2. The molecule has 4 nitrogen and oxygen atoms in total. The average molecular weight is 449 g/mol. The number of fused-ring (bicyclic) bond motifs is 1. The largest absolute Gasteiger partial charge is 0.318 e. The van der Waals surface area contributed by atoms with E-state index < -0.39 is 11.8 Å². The monoisotopic (exact) mass is 448 g/mol. The van der Waals surface area contributed by atoms with Gasteiger partial charge in [0.1, 0.15) is 0 Å². The van der Waals surface area contributed by atoms with Crippen molar-refractivity contribution in [2.45, 2.75) is 77.2 Å². The average Bonchev–Trinajstić information content (AvgIpc) is 2.98. The van der Waals surface area contributed by atoms with Crippen molar-refractivity contribution in [2.24, 2.45) is 0 Å². The van der Waals surface area contributed by atoms with Crippen molar-refractivity contribution < 1.29 is 9.59 Å². The molecule has 1 aliphatic heterocycles. The van der Waals surface area contributed by atoms with Crippen molar-refractivity contribution in [1.29, 1.82) is 0 Å². The van der Waals surface area contributed by atoms with Gasteiger partial charge in [0.25, 0.3) is 0 Å². The van der Waals surface area contributed by atoms with E-state index in [0.717, 1.165) is 12.0 Å². The molecule has 0 radical (unpaired) electrons. The van der Waals surface area contributed by atoms with Crippen molar-refractivity contribution in [3.8, 4) is 0 Å². The van der Waals surface area contributed by atoms with Crippen LogP contribution in [0.5, 0.6) is 0 Å². The summed E-state index contributed by atoms with van der Waals surface area (Å²) >= 11 is 5.08. The van der Waals surface area contributed by atoms with Crippen LogP contribution in [0.2, 0.25) is 0 Å². The van der Waals surface area contributed by atoms with Gasteiger partial charge in [0.15, 0.2) is 5.11 Å². The zero-order valence-electron chi connectivity index (χ0n) is 19.6. The highest BCUT2D eigenvalue weighted by molar-refractivity contribution is 7.80. The first-order valence-corrected chi connectivity index (χ1v) is 11.8. The van der Waals surface area contributed by atoms with E-state index in [0.29, 0.717) is 12.5 Å². The Hall–Kier alpha value is -2.53. The molecule has 1 saturated heterocycles. The number of hydrogen-bond donors (Lipinski definition) is 1. The molecule has 2 amide bonds. The lowest BCUT2D eigenvalue weighted by atomic mass is 9.62. The van der Waals surface area contributed by atoms with E-state index >= 15 is 0 Å². The first-order valence-electron chi connectivity index (χ1n) is 11.4. The van der Waals surface area contributed by atoms with Crippen LogP contribution in [0, 0.1) is 0 Å². The van der Waals surface area contributed by atoms with Gasteiger partial charge in [-0.05, 0) is 76.0 Å². The highest BCUT2D eigenvalue weighted by Crippen LogP contribution is 2.46. The van der Waals surface area contributed by atoms with Gasteiger partial charge in [-0.15, -0.1) is 0 Å². The number of carbonyl (C=O) groups excluding carboxylic acids is 2. The maximum atomic E-state index is 11.9. The zero-order chi connectivity index (χ0) is 23.3. The van der Waals surface area contributed by atoms with E-state index in [1.165, 1.54) is 40.0 Å². The summed E-state index contributed by atoms with van der Waals surface area (Å²) in [6, 6.07) is 15.4. The lowest BCUT2D eigenvalue weighted by Gasteiger charge is -2.42. The van der Waals surface area contributed by atoms with Crippen LogP contribution < -0.4 is 5.32 Å². The Labute approximate surface area is 196 Å². The van der Waals surface area contributed by atoms with E-state index in [2.05, 4.69) is 70.3 Å². The topological polar surface area (TPSA) is 49.4 Å². The minimum Gasteiger partial charge on any atom is -0.294 e. The van der Waals surface area contributed by atoms with Gasteiger partial charge >= 0.3 is 11.8 Å². The number of hydrogen-bond acceptors (Lipinski definition) is 3. The second-order valence-corrected chi connectivity index (χ2v) is 11.0. The molecular formula is C27H32N2O2S. The Morgan fingerprint density at radius 1 is 0.938 bits per heavy atom. The third kappa shape index (κ3) is 4.23. The van der Waals surface area contributed by atoms with Crippen LogP contribution in [0.3, 0.4) is 0 Å². The fourth-order valence-corrected chi connectivity index (χ4v) is 5.16. The van der Waals surface area contributed by atoms with Crippen molar-refractivity contribution in [3.63, 3.8) is 0 Å². The maximum Gasteiger partial charge on any atom is 0.318 e. The Balaban J connectivity index is 1.48. The Morgan fingerprint density at radius 3 is 2.12 bits per heavy atom. The molecule has 2 aliphatic rings. The van der Waals surface area contributed by atoms with Crippen molar-refractivity contribution in [2.75, 3.05) is 0 Å². The lowest BCUT2D eigenvalue weighted by Crippen LogP contribution is -2.34. The summed E-state index contributed by atoms with van der Waals surface area (Å²) in [5.74, 6) is -0.843. The fraction of sp³-hybridized carbons (Fsp3) is 0.444. The quantitative estimate of drug-likeness (QED) is 0.510. The van der Waals surface area contributed by atoms with Gasteiger partial charge < -0.3 is 0 Å². The third-order valence-corrected chi connectivity index (χ3v) is 7.58. The summed E-state index contributed by atoms with van der Waals surface area (Å²) in [7, 11) is 0. The van der Waals surface area contributed by atoms with Gasteiger partial charge in [-0.3, -0.25) is 19.8 Å². The molecule has 0 spiro atoms. The summed E-state index contributed by atoms with van der Waals surface area (Å²) in [5.41, 5.74) is 7.04. The van der Waals surface area contributed by atoms with Gasteiger partial charge in [0.05, 0.1) is 6.54 Å². The predicted octanol–water partition coefficient (Wildman–Crippen LogP) is 5.13. The van der Waals surface area contributed by atoms with Crippen LogP contribution in [0.1, 0.15) is 81.2 Å². The molecule has 0 aromatic heterocycles. The molecule has 5 heteroatoms. The van der Waals surface area contributed by atoms with Crippen LogP contribution >= 0.6 is 12.2 Å². The number of thiocarbonyl (C=S) groups is 1. The van der Waals surface area contributed by atoms with Crippen LogP contribution in [0.25, 0.3) is 0 Å². The minimum atomic E-state index is -0.656. The van der Waals surface area contributed by atoms with Crippen LogP contribution in [-0.2, 0) is 33.4 Å².